The monoisotopic (exact) mass is 290 g/mol. The van der Waals surface area contributed by atoms with Crippen LogP contribution in [0.2, 0.25) is 0 Å². The molecule has 0 fully saturated rings. The number of carboxylic acid groups (broad SMARTS) is 1. The Balaban J connectivity index is 2.28. The van der Waals surface area contributed by atoms with Gasteiger partial charge in [-0.3, -0.25) is 4.79 Å². The smallest absolute Gasteiger partial charge is 0.314 e. The van der Waals surface area contributed by atoms with E-state index in [-0.39, 0.29) is 16.9 Å². The lowest BCUT2D eigenvalue weighted by Crippen LogP contribution is -1.97. The second-order valence-electron chi connectivity index (χ2n) is 3.28. The zero-order valence-electron chi connectivity index (χ0n) is 9.06. The standard InChI is InChI=1S/C10H5F3N2O3S/c11-5-2-1-4(7(12)8(5)13)9-14-15-10(18-9)19-3-6(16)17/h1-2H,3H2,(H,16,17). The van der Waals surface area contributed by atoms with Gasteiger partial charge in [-0.05, 0) is 12.1 Å². The maximum atomic E-state index is 13.4. The van der Waals surface area contributed by atoms with Crippen LogP contribution in [0.1, 0.15) is 0 Å². The number of aliphatic carboxylic acids is 1. The number of aromatic nitrogens is 2. The topological polar surface area (TPSA) is 76.2 Å². The van der Waals surface area contributed by atoms with Crippen molar-refractivity contribution in [3.05, 3.63) is 29.6 Å². The fraction of sp³-hybridized carbons (Fsp3) is 0.100. The molecule has 0 aliphatic heterocycles. The quantitative estimate of drug-likeness (QED) is 0.688. The van der Waals surface area contributed by atoms with Crippen molar-refractivity contribution < 1.29 is 27.5 Å². The predicted octanol–water partition coefficient (Wildman–Crippen LogP) is 2.33. The van der Waals surface area contributed by atoms with Crippen molar-refractivity contribution in [2.75, 3.05) is 5.75 Å². The predicted molar refractivity (Wildman–Crippen MR) is 58.0 cm³/mol. The molecule has 0 unspecified atom stereocenters. The Morgan fingerprint density at radius 3 is 2.68 bits per heavy atom. The highest BCUT2D eigenvalue weighted by Crippen LogP contribution is 2.27. The van der Waals surface area contributed by atoms with Crippen molar-refractivity contribution >= 4 is 17.7 Å². The molecular formula is C10H5F3N2O3S. The molecule has 0 radical (unpaired) electrons. The van der Waals surface area contributed by atoms with Crippen LogP contribution in [0.3, 0.4) is 0 Å². The molecule has 0 saturated carbocycles. The van der Waals surface area contributed by atoms with E-state index in [0.29, 0.717) is 0 Å². The Morgan fingerprint density at radius 2 is 2.00 bits per heavy atom. The summed E-state index contributed by atoms with van der Waals surface area (Å²) in [5.41, 5.74) is -0.395. The van der Waals surface area contributed by atoms with Crippen LogP contribution in [0, 0.1) is 17.5 Å². The zero-order valence-corrected chi connectivity index (χ0v) is 9.88. The number of halogens is 3. The molecule has 0 spiro atoms. The van der Waals surface area contributed by atoms with Gasteiger partial charge in [0.1, 0.15) is 5.75 Å². The van der Waals surface area contributed by atoms with Gasteiger partial charge >= 0.3 is 5.97 Å². The summed E-state index contributed by atoms with van der Waals surface area (Å²) >= 11 is 0.727. The minimum absolute atomic E-state index is 0.110. The van der Waals surface area contributed by atoms with E-state index in [4.69, 9.17) is 9.52 Å². The van der Waals surface area contributed by atoms with Crippen LogP contribution in [0.4, 0.5) is 13.2 Å². The molecule has 0 amide bonds. The lowest BCUT2D eigenvalue weighted by Gasteiger charge is -1.99. The van der Waals surface area contributed by atoms with Gasteiger partial charge in [0.2, 0.25) is 0 Å². The highest BCUT2D eigenvalue weighted by Gasteiger charge is 2.19. The van der Waals surface area contributed by atoms with E-state index in [0.717, 1.165) is 23.9 Å². The summed E-state index contributed by atoms with van der Waals surface area (Å²) < 4.78 is 44.1. The summed E-state index contributed by atoms with van der Waals surface area (Å²) in [6.07, 6.45) is 0. The Hall–Kier alpha value is -2.03. The third kappa shape index (κ3) is 2.87. The third-order valence-corrected chi connectivity index (χ3v) is 2.79. The molecule has 100 valence electrons. The van der Waals surface area contributed by atoms with E-state index >= 15 is 0 Å². The number of rotatable bonds is 4. The minimum atomic E-state index is -1.64. The normalized spacial score (nSPS) is 10.7. The lowest BCUT2D eigenvalue weighted by atomic mass is 10.2. The largest absolute Gasteiger partial charge is 0.481 e. The first-order valence-corrected chi connectivity index (χ1v) is 5.79. The van der Waals surface area contributed by atoms with E-state index in [2.05, 4.69) is 10.2 Å². The fourth-order valence-electron chi connectivity index (χ4n) is 1.19. The molecule has 9 heteroatoms. The number of thioether (sulfide) groups is 1. The fourth-order valence-corrected chi connectivity index (χ4v) is 1.67. The van der Waals surface area contributed by atoms with Gasteiger partial charge in [0, 0.05) is 0 Å². The molecule has 0 atom stereocenters. The van der Waals surface area contributed by atoms with Crippen molar-refractivity contribution in [3.63, 3.8) is 0 Å². The second-order valence-corrected chi connectivity index (χ2v) is 4.21. The molecule has 1 heterocycles. The SMILES string of the molecule is O=C(O)CSc1nnc(-c2ccc(F)c(F)c2F)o1. The van der Waals surface area contributed by atoms with E-state index in [1.807, 2.05) is 0 Å². The van der Waals surface area contributed by atoms with Gasteiger partial charge in [0.15, 0.2) is 17.5 Å². The van der Waals surface area contributed by atoms with Gasteiger partial charge in [-0.25, -0.2) is 13.2 Å². The van der Waals surface area contributed by atoms with Crippen molar-refractivity contribution in [3.8, 4) is 11.5 Å². The maximum Gasteiger partial charge on any atom is 0.314 e. The van der Waals surface area contributed by atoms with Crippen LogP contribution in [-0.2, 0) is 4.79 Å². The highest BCUT2D eigenvalue weighted by molar-refractivity contribution is 7.99. The average molecular weight is 290 g/mol. The van der Waals surface area contributed by atoms with Crippen LogP contribution in [0.25, 0.3) is 11.5 Å². The van der Waals surface area contributed by atoms with Crippen LogP contribution < -0.4 is 0 Å². The van der Waals surface area contributed by atoms with Crippen molar-refractivity contribution in [1.29, 1.82) is 0 Å². The third-order valence-electron chi connectivity index (χ3n) is 1.99. The van der Waals surface area contributed by atoms with Crippen LogP contribution >= 0.6 is 11.8 Å². The molecule has 1 N–H and O–H groups in total. The number of carbonyl (C=O) groups is 1. The molecule has 0 aliphatic carbocycles. The number of benzene rings is 1. The van der Waals surface area contributed by atoms with Gasteiger partial charge in [-0.2, -0.15) is 0 Å². The lowest BCUT2D eigenvalue weighted by molar-refractivity contribution is -0.133. The van der Waals surface area contributed by atoms with Crippen molar-refractivity contribution in [2.45, 2.75) is 5.22 Å². The van der Waals surface area contributed by atoms with Gasteiger partial charge < -0.3 is 9.52 Å². The Kier molecular flexibility index (Phi) is 3.74. The van der Waals surface area contributed by atoms with Gasteiger partial charge in [0.25, 0.3) is 11.1 Å². The first-order chi connectivity index (χ1) is 8.99. The molecule has 19 heavy (non-hydrogen) atoms. The van der Waals surface area contributed by atoms with Crippen LogP contribution in [-0.4, -0.2) is 27.0 Å². The summed E-state index contributed by atoms with van der Waals surface area (Å²) in [5, 5.41) is 15.2. The van der Waals surface area contributed by atoms with Crippen LogP contribution in [0.5, 0.6) is 0 Å². The Morgan fingerprint density at radius 1 is 1.26 bits per heavy atom. The second kappa shape index (κ2) is 5.31. The molecular weight excluding hydrogens is 285 g/mol. The van der Waals surface area contributed by atoms with Gasteiger partial charge in [-0.1, -0.05) is 11.8 Å². The Bertz CT molecular complexity index is 632. The van der Waals surface area contributed by atoms with Crippen molar-refractivity contribution in [2.24, 2.45) is 0 Å². The van der Waals surface area contributed by atoms with E-state index in [1.165, 1.54) is 0 Å². The molecule has 2 aromatic rings. The highest BCUT2D eigenvalue weighted by atomic mass is 32.2. The maximum absolute atomic E-state index is 13.4. The van der Waals surface area contributed by atoms with E-state index in [1.54, 1.807) is 0 Å². The Labute approximate surface area is 108 Å². The first kappa shape index (κ1) is 13.4. The summed E-state index contributed by atoms with van der Waals surface area (Å²) in [4.78, 5) is 10.3. The summed E-state index contributed by atoms with van der Waals surface area (Å²) in [5.74, 6) is -6.19. The number of hydrogen-bond acceptors (Lipinski definition) is 5. The van der Waals surface area contributed by atoms with Crippen molar-refractivity contribution in [1.82, 2.24) is 10.2 Å². The molecule has 0 saturated heterocycles. The van der Waals surface area contributed by atoms with Gasteiger partial charge in [0.05, 0.1) is 5.56 Å². The van der Waals surface area contributed by atoms with Gasteiger partial charge in [-0.15, -0.1) is 10.2 Å². The molecule has 0 aliphatic rings. The number of nitrogens with zero attached hydrogens (tertiary/aromatic N) is 2. The summed E-state index contributed by atoms with van der Waals surface area (Å²) in [6.45, 7) is 0. The molecule has 1 aromatic heterocycles. The van der Waals surface area contributed by atoms with Crippen LogP contribution in [0.15, 0.2) is 21.8 Å². The molecule has 2 rings (SSSR count). The summed E-state index contributed by atoms with van der Waals surface area (Å²) in [7, 11) is 0. The first-order valence-electron chi connectivity index (χ1n) is 4.81. The van der Waals surface area contributed by atoms with E-state index < -0.39 is 29.0 Å². The van der Waals surface area contributed by atoms with E-state index in [9.17, 15) is 18.0 Å². The minimum Gasteiger partial charge on any atom is -0.481 e. The molecule has 5 nitrogen and oxygen atoms in total. The summed E-state index contributed by atoms with van der Waals surface area (Å²) in [6, 6.07) is 1.68. The number of hydrogen-bond donors (Lipinski definition) is 1. The molecule has 1 aromatic carbocycles. The molecule has 0 bridgehead atoms. The average Bonchev–Trinajstić information content (AvgIpc) is 2.82. The zero-order chi connectivity index (χ0) is 14.0. The number of carboxylic acids is 1.